The maximum atomic E-state index is 12.0. The molecule has 18 heavy (non-hydrogen) atoms. The zero-order valence-corrected chi connectivity index (χ0v) is 11.2. The highest BCUT2D eigenvalue weighted by molar-refractivity contribution is 7.09. The van der Waals surface area contributed by atoms with E-state index < -0.39 is 12.0 Å². The lowest BCUT2D eigenvalue weighted by molar-refractivity contribution is -0.137. The van der Waals surface area contributed by atoms with Gasteiger partial charge in [0.05, 0.1) is 12.5 Å². The first kappa shape index (κ1) is 13.0. The summed E-state index contributed by atoms with van der Waals surface area (Å²) in [6.07, 6.45) is 2.34. The van der Waals surface area contributed by atoms with Crippen molar-refractivity contribution in [3.63, 3.8) is 0 Å². The maximum absolute atomic E-state index is 12.0. The van der Waals surface area contributed by atoms with Crippen molar-refractivity contribution in [3.8, 4) is 0 Å². The Bertz CT molecular complexity index is 456. The molecule has 0 radical (unpaired) electrons. The highest BCUT2D eigenvalue weighted by Gasteiger charge is 2.50. The van der Waals surface area contributed by atoms with Crippen molar-refractivity contribution in [2.24, 2.45) is 11.3 Å². The van der Waals surface area contributed by atoms with Crippen molar-refractivity contribution in [2.75, 3.05) is 0 Å². The van der Waals surface area contributed by atoms with Crippen LogP contribution >= 0.6 is 11.3 Å². The second kappa shape index (κ2) is 4.68. The van der Waals surface area contributed by atoms with E-state index in [-0.39, 0.29) is 23.7 Å². The molecule has 1 aromatic rings. The van der Waals surface area contributed by atoms with Crippen LogP contribution in [0.15, 0.2) is 11.6 Å². The molecule has 1 aliphatic rings. The van der Waals surface area contributed by atoms with Crippen molar-refractivity contribution in [2.45, 2.75) is 32.7 Å². The Morgan fingerprint density at radius 1 is 1.67 bits per heavy atom. The first-order chi connectivity index (χ1) is 8.40. The van der Waals surface area contributed by atoms with Crippen LogP contribution in [-0.4, -0.2) is 22.0 Å². The van der Waals surface area contributed by atoms with E-state index in [1.165, 1.54) is 11.3 Å². The van der Waals surface area contributed by atoms with Gasteiger partial charge in [-0.3, -0.25) is 9.59 Å². The van der Waals surface area contributed by atoms with Gasteiger partial charge in [-0.2, -0.15) is 0 Å². The summed E-state index contributed by atoms with van der Waals surface area (Å²) < 4.78 is 0. The Balaban J connectivity index is 2.02. The van der Waals surface area contributed by atoms with Gasteiger partial charge in [0.1, 0.15) is 5.01 Å². The Morgan fingerprint density at radius 3 is 2.78 bits per heavy atom. The Hall–Kier alpha value is -1.43. The monoisotopic (exact) mass is 268 g/mol. The molecule has 0 bridgehead atoms. The van der Waals surface area contributed by atoms with E-state index in [0.717, 1.165) is 6.42 Å². The molecule has 5 nitrogen and oxygen atoms in total. The van der Waals surface area contributed by atoms with Gasteiger partial charge in [0.2, 0.25) is 5.91 Å². The largest absolute Gasteiger partial charge is 0.481 e. The van der Waals surface area contributed by atoms with E-state index in [0.29, 0.717) is 5.01 Å². The van der Waals surface area contributed by atoms with Gasteiger partial charge in [-0.15, -0.1) is 11.3 Å². The van der Waals surface area contributed by atoms with E-state index in [4.69, 9.17) is 5.11 Å². The molecule has 1 fully saturated rings. The molecular formula is C12H16N2O3S. The van der Waals surface area contributed by atoms with Crippen LogP contribution in [0, 0.1) is 11.3 Å². The highest BCUT2D eigenvalue weighted by Crippen LogP contribution is 2.51. The van der Waals surface area contributed by atoms with Crippen molar-refractivity contribution in [1.29, 1.82) is 0 Å². The van der Waals surface area contributed by atoms with Gasteiger partial charge in [-0.25, -0.2) is 4.98 Å². The van der Waals surface area contributed by atoms with Crippen LogP contribution in [0.5, 0.6) is 0 Å². The topological polar surface area (TPSA) is 79.3 Å². The summed E-state index contributed by atoms with van der Waals surface area (Å²) in [6, 6.07) is -0.522. The molecule has 6 heteroatoms. The van der Waals surface area contributed by atoms with Gasteiger partial charge in [0, 0.05) is 17.5 Å². The normalized spacial score (nSPS) is 22.2. The predicted molar refractivity (Wildman–Crippen MR) is 67.1 cm³/mol. The number of hydrogen-bond donors (Lipinski definition) is 2. The highest BCUT2D eigenvalue weighted by atomic mass is 32.1. The van der Waals surface area contributed by atoms with Gasteiger partial charge in [0.25, 0.3) is 0 Å². The fraction of sp³-hybridized carbons (Fsp3) is 0.583. The molecule has 98 valence electrons. The number of rotatable bonds is 5. The van der Waals surface area contributed by atoms with Crippen LogP contribution in [0.4, 0.5) is 0 Å². The SMILES string of the molecule is CC1(C)C[C@@H]1C(=O)NC(CC(=O)O)c1nccs1. The average Bonchev–Trinajstić information content (AvgIpc) is 2.72. The molecule has 1 unspecified atom stereocenters. The zero-order valence-electron chi connectivity index (χ0n) is 10.3. The summed E-state index contributed by atoms with van der Waals surface area (Å²) in [6.45, 7) is 4.07. The number of aromatic nitrogens is 1. The van der Waals surface area contributed by atoms with Crippen LogP contribution in [0.3, 0.4) is 0 Å². The minimum atomic E-state index is -0.939. The first-order valence-corrected chi connectivity index (χ1v) is 6.69. The molecule has 0 saturated heterocycles. The summed E-state index contributed by atoms with van der Waals surface area (Å²) in [5.41, 5.74) is 0.0424. The third-order valence-electron chi connectivity index (χ3n) is 3.27. The summed E-state index contributed by atoms with van der Waals surface area (Å²) in [4.78, 5) is 26.9. The fourth-order valence-corrected chi connectivity index (χ4v) is 2.66. The third kappa shape index (κ3) is 2.87. The molecule has 1 saturated carbocycles. The van der Waals surface area contributed by atoms with Crippen LogP contribution < -0.4 is 5.32 Å². The number of nitrogens with zero attached hydrogens (tertiary/aromatic N) is 1. The number of hydrogen-bond acceptors (Lipinski definition) is 4. The Labute approximate surface area is 109 Å². The van der Waals surface area contributed by atoms with E-state index in [1.807, 2.05) is 13.8 Å². The van der Waals surface area contributed by atoms with Crippen molar-refractivity contribution in [1.82, 2.24) is 10.3 Å². The number of nitrogens with one attached hydrogen (secondary N) is 1. The minimum Gasteiger partial charge on any atom is -0.481 e. The lowest BCUT2D eigenvalue weighted by atomic mass is 10.1. The molecule has 1 amide bonds. The quantitative estimate of drug-likeness (QED) is 0.853. The number of carboxylic acids is 1. The zero-order chi connectivity index (χ0) is 13.3. The molecule has 0 spiro atoms. The van der Waals surface area contributed by atoms with Gasteiger partial charge in [-0.1, -0.05) is 13.8 Å². The molecule has 1 aromatic heterocycles. The van der Waals surface area contributed by atoms with Gasteiger partial charge < -0.3 is 10.4 Å². The average molecular weight is 268 g/mol. The smallest absolute Gasteiger partial charge is 0.305 e. The second-order valence-corrected chi connectivity index (χ2v) is 6.20. The lowest BCUT2D eigenvalue weighted by Gasteiger charge is -2.15. The predicted octanol–water partition coefficient (Wildman–Crippen LogP) is 1.82. The molecule has 2 rings (SSSR count). The standard InChI is InChI=1S/C12H16N2O3S/c1-12(2)6-7(12)10(17)14-8(5-9(15)16)11-13-3-4-18-11/h3-4,7-8H,5-6H2,1-2H3,(H,14,17)(H,15,16)/t7-,8?/m1/s1. The van der Waals surface area contributed by atoms with Crippen LogP contribution in [-0.2, 0) is 9.59 Å². The summed E-state index contributed by atoms with van der Waals surface area (Å²) in [5, 5.41) is 14.1. The number of carboxylic acid groups (broad SMARTS) is 1. The molecule has 0 aliphatic heterocycles. The summed E-state index contributed by atoms with van der Waals surface area (Å²) >= 11 is 1.36. The number of aliphatic carboxylic acids is 1. The number of thiazole rings is 1. The molecule has 1 heterocycles. The van der Waals surface area contributed by atoms with Crippen molar-refractivity contribution in [3.05, 3.63) is 16.6 Å². The van der Waals surface area contributed by atoms with Crippen LogP contribution in [0.2, 0.25) is 0 Å². The maximum Gasteiger partial charge on any atom is 0.305 e. The van der Waals surface area contributed by atoms with Crippen molar-refractivity contribution >= 4 is 23.2 Å². The number of carbonyl (C=O) groups excluding carboxylic acids is 1. The fourth-order valence-electron chi connectivity index (χ4n) is 1.97. The minimum absolute atomic E-state index is 0.00578. The van der Waals surface area contributed by atoms with Crippen LogP contribution in [0.1, 0.15) is 37.7 Å². The third-order valence-corrected chi connectivity index (χ3v) is 4.16. The number of carbonyl (C=O) groups is 2. The van der Waals surface area contributed by atoms with E-state index in [9.17, 15) is 9.59 Å². The molecule has 2 N–H and O–H groups in total. The second-order valence-electron chi connectivity index (χ2n) is 5.27. The van der Waals surface area contributed by atoms with E-state index >= 15 is 0 Å². The first-order valence-electron chi connectivity index (χ1n) is 5.82. The molecule has 1 aliphatic carbocycles. The van der Waals surface area contributed by atoms with Crippen LogP contribution in [0.25, 0.3) is 0 Å². The molecular weight excluding hydrogens is 252 g/mol. The van der Waals surface area contributed by atoms with E-state index in [1.54, 1.807) is 11.6 Å². The van der Waals surface area contributed by atoms with Crippen molar-refractivity contribution < 1.29 is 14.7 Å². The molecule has 2 atom stereocenters. The Kier molecular flexibility index (Phi) is 3.38. The van der Waals surface area contributed by atoms with E-state index in [2.05, 4.69) is 10.3 Å². The number of amides is 1. The summed E-state index contributed by atoms with van der Waals surface area (Å²) in [7, 11) is 0. The Morgan fingerprint density at radius 2 is 2.33 bits per heavy atom. The lowest BCUT2D eigenvalue weighted by Crippen LogP contribution is -2.32. The molecule has 0 aromatic carbocycles. The summed E-state index contributed by atoms with van der Waals surface area (Å²) in [5.74, 6) is -1.01. The van der Waals surface area contributed by atoms with Gasteiger partial charge in [0.15, 0.2) is 0 Å². The van der Waals surface area contributed by atoms with Gasteiger partial charge >= 0.3 is 5.97 Å². The van der Waals surface area contributed by atoms with Gasteiger partial charge in [-0.05, 0) is 11.8 Å².